The van der Waals surface area contributed by atoms with E-state index in [9.17, 15) is 19.5 Å². The van der Waals surface area contributed by atoms with Crippen LogP contribution in [0.25, 0.3) is 0 Å². The van der Waals surface area contributed by atoms with E-state index in [1.165, 1.54) is 12.0 Å². The molecular weight excluding hydrogens is 392 g/mol. The van der Waals surface area contributed by atoms with Gasteiger partial charge < -0.3 is 29.5 Å². The molecule has 1 aliphatic heterocycles. The Morgan fingerprint density at radius 1 is 1.30 bits per heavy atom. The molecule has 2 amide bonds. The Bertz CT molecular complexity index is 617. The number of ether oxygens (including phenoxy) is 3. The molecule has 3 unspecified atom stereocenters. The highest BCUT2D eigenvalue weighted by Gasteiger charge is 2.43. The first-order chi connectivity index (χ1) is 13.9. The molecule has 1 rings (SSSR count). The minimum absolute atomic E-state index is 0.0136. The van der Waals surface area contributed by atoms with Crippen LogP contribution in [-0.2, 0) is 23.8 Å². The molecule has 1 saturated heterocycles. The summed E-state index contributed by atoms with van der Waals surface area (Å²) >= 11 is 0. The minimum atomic E-state index is -0.966. The Balaban J connectivity index is 3.05. The third-order valence-corrected chi connectivity index (χ3v) is 4.74. The van der Waals surface area contributed by atoms with Gasteiger partial charge in [-0.3, -0.25) is 4.79 Å². The van der Waals surface area contributed by atoms with Crippen LogP contribution < -0.4 is 5.32 Å². The van der Waals surface area contributed by atoms with E-state index in [2.05, 4.69) is 11.9 Å². The zero-order valence-electron chi connectivity index (χ0n) is 18.8. The van der Waals surface area contributed by atoms with Crippen LogP contribution in [0.3, 0.4) is 0 Å². The molecule has 0 aromatic heterocycles. The molecule has 0 aliphatic carbocycles. The van der Waals surface area contributed by atoms with Crippen molar-refractivity contribution in [3.8, 4) is 0 Å². The van der Waals surface area contributed by atoms with E-state index < -0.39 is 41.8 Å². The third kappa shape index (κ3) is 7.95. The van der Waals surface area contributed by atoms with E-state index in [4.69, 9.17) is 14.2 Å². The van der Waals surface area contributed by atoms with E-state index in [-0.39, 0.29) is 25.0 Å². The summed E-state index contributed by atoms with van der Waals surface area (Å²) in [6.07, 6.45) is 0.431. The van der Waals surface area contributed by atoms with Gasteiger partial charge in [-0.1, -0.05) is 13.0 Å². The predicted octanol–water partition coefficient (Wildman–Crippen LogP) is 1.63. The summed E-state index contributed by atoms with van der Waals surface area (Å²) < 4.78 is 15.7. The number of nitrogens with one attached hydrogen (secondary N) is 1. The fourth-order valence-corrected chi connectivity index (χ4v) is 3.44. The number of carbonyl (C=O) groups excluding carboxylic acids is 3. The fraction of sp³-hybridized carbons (Fsp3) is 0.762. The van der Waals surface area contributed by atoms with Crippen LogP contribution in [0, 0.1) is 5.92 Å². The van der Waals surface area contributed by atoms with Crippen molar-refractivity contribution in [3.63, 3.8) is 0 Å². The number of β-amino-alcohol motifs (C(OH)–C–C–N with tert-alkyl or cyclic N) is 1. The highest BCUT2D eigenvalue weighted by molar-refractivity contribution is 5.90. The summed E-state index contributed by atoms with van der Waals surface area (Å²) in [5.41, 5.74) is -0.736. The number of hydrogen-bond donors (Lipinski definition) is 2. The summed E-state index contributed by atoms with van der Waals surface area (Å²) in [6.45, 7) is 12.8. The monoisotopic (exact) mass is 428 g/mol. The van der Waals surface area contributed by atoms with Crippen molar-refractivity contribution in [1.82, 2.24) is 10.2 Å². The summed E-state index contributed by atoms with van der Waals surface area (Å²) in [4.78, 5) is 39.1. The molecule has 0 bridgehead atoms. The number of aliphatic hydroxyl groups excluding tert-OH is 1. The van der Waals surface area contributed by atoms with Gasteiger partial charge in [-0.05, 0) is 40.0 Å². The average molecular weight is 429 g/mol. The maximum atomic E-state index is 13.3. The molecule has 0 saturated carbocycles. The van der Waals surface area contributed by atoms with Gasteiger partial charge >= 0.3 is 12.1 Å². The lowest BCUT2D eigenvalue weighted by molar-refractivity contribution is -0.152. The van der Waals surface area contributed by atoms with Gasteiger partial charge in [0.25, 0.3) is 0 Å². The van der Waals surface area contributed by atoms with Gasteiger partial charge in [0.1, 0.15) is 17.7 Å². The second kappa shape index (κ2) is 11.3. The van der Waals surface area contributed by atoms with E-state index in [1.54, 1.807) is 26.8 Å². The number of amides is 2. The van der Waals surface area contributed by atoms with E-state index >= 15 is 0 Å². The van der Waals surface area contributed by atoms with Crippen LogP contribution in [0.4, 0.5) is 4.79 Å². The molecule has 1 aliphatic rings. The number of rotatable bonds is 9. The van der Waals surface area contributed by atoms with Gasteiger partial charge in [0.2, 0.25) is 5.91 Å². The van der Waals surface area contributed by atoms with Gasteiger partial charge in [-0.2, -0.15) is 0 Å². The molecular formula is C21H36N2O7. The quantitative estimate of drug-likeness (QED) is 0.424. The third-order valence-electron chi connectivity index (χ3n) is 4.74. The van der Waals surface area contributed by atoms with Crippen molar-refractivity contribution in [1.29, 1.82) is 0 Å². The molecule has 1 fully saturated rings. The first kappa shape index (κ1) is 25.9. The van der Waals surface area contributed by atoms with Crippen molar-refractivity contribution >= 4 is 18.0 Å². The van der Waals surface area contributed by atoms with Crippen LogP contribution in [0.2, 0.25) is 0 Å². The highest BCUT2D eigenvalue weighted by atomic mass is 16.6. The molecule has 0 radical (unpaired) electrons. The molecule has 5 atom stereocenters. The maximum Gasteiger partial charge on any atom is 0.408 e. The standard InChI is InChI=1S/C21H36N2O7/c1-8-9-29-14(3)10-13(2)17(22-20(27)30-21(4,5)6)18(25)23-12-15(24)11-16(23)19(26)28-7/h8,13-17,24H,1,9-12H2,2-7H3,(H,22,27)/t13-,14+,15?,16?,17?/m1/s1. The topological polar surface area (TPSA) is 114 Å². The minimum Gasteiger partial charge on any atom is -0.467 e. The van der Waals surface area contributed by atoms with Crippen LogP contribution >= 0.6 is 0 Å². The second-order valence-corrected chi connectivity index (χ2v) is 8.69. The largest absolute Gasteiger partial charge is 0.467 e. The van der Waals surface area contributed by atoms with Crippen molar-refractivity contribution in [2.75, 3.05) is 20.3 Å². The normalized spacial score (nSPS) is 22.0. The second-order valence-electron chi connectivity index (χ2n) is 8.69. The molecule has 9 heteroatoms. The van der Waals surface area contributed by atoms with Crippen LogP contribution in [-0.4, -0.2) is 78.1 Å². The Hall–Kier alpha value is -2.13. The number of hydrogen-bond acceptors (Lipinski definition) is 7. The molecule has 172 valence electrons. The van der Waals surface area contributed by atoms with Crippen molar-refractivity contribution in [3.05, 3.63) is 12.7 Å². The first-order valence-electron chi connectivity index (χ1n) is 10.2. The van der Waals surface area contributed by atoms with Gasteiger partial charge in [-0.15, -0.1) is 6.58 Å². The Labute approximate surface area is 178 Å². The van der Waals surface area contributed by atoms with Crippen LogP contribution in [0.5, 0.6) is 0 Å². The number of esters is 1. The number of carbonyl (C=O) groups is 3. The van der Waals surface area contributed by atoms with E-state index in [1.807, 2.05) is 13.8 Å². The van der Waals surface area contributed by atoms with Crippen molar-refractivity contribution < 1.29 is 33.7 Å². The Kier molecular flexibility index (Phi) is 9.77. The fourth-order valence-electron chi connectivity index (χ4n) is 3.44. The Morgan fingerprint density at radius 2 is 1.93 bits per heavy atom. The molecule has 0 aromatic carbocycles. The molecule has 30 heavy (non-hydrogen) atoms. The molecule has 0 spiro atoms. The average Bonchev–Trinajstić information content (AvgIpc) is 3.03. The Morgan fingerprint density at radius 3 is 2.47 bits per heavy atom. The lowest BCUT2D eigenvalue weighted by atomic mass is 9.94. The first-order valence-corrected chi connectivity index (χ1v) is 10.2. The number of aliphatic hydroxyl groups is 1. The van der Waals surface area contributed by atoms with Crippen molar-refractivity contribution in [2.45, 2.75) is 77.4 Å². The molecule has 0 aromatic rings. The lowest BCUT2D eigenvalue weighted by Gasteiger charge is -2.32. The van der Waals surface area contributed by atoms with Gasteiger partial charge in [0.15, 0.2) is 0 Å². The summed E-state index contributed by atoms with van der Waals surface area (Å²) in [6, 6.07) is -1.87. The van der Waals surface area contributed by atoms with Gasteiger partial charge in [-0.25, -0.2) is 9.59 Å². The summed E-state index contributed by atoms with van der Waals surface area (Å²) in [5, 5.41) is 12.7. The van der Waals surface area contributed by atoms with E-state index in [0.717, 1.165) is 0 Å². The number of alkyl carbamates (subject to hydrolysis) is 1. The zero-order chi connectivity index (χ0) is 23.1. The molecule has 1 heterocycles. The van der Waals surface area contributed by atoms with E-state index in [0.29, 0.717) is 13.0 Å². The highest BCUT2D eigenvalue weighted by Crippen LogP contribution is 2.24. The lowest BCUT2D eigenvalue weighted by Crippen LogP contribution is -2.55. The summed E-state index contributed by atoms with van der Waals surface area (Å²) in [7, 11) is 1.23. The van der Waals surface area contributed by atoms with Crippen LogP contribution in [0.15, 0.2) is 12.7 Å². The van der Waals surface area contributed by atoms with Crippen molar-refractivity contribution in [2.24, 2.45) is 5.92 Å². The number of nitrogens with zero attached hydrogens (tertiary/aromatic N) is 1. The molecule has 2 N–H and O–H groups in total. The van der Waals surface area contributed by atoms with Crippen LogP contribution in [0.1, 0.15) is 47.5 Å². The molecule has 9 nitrogen and oxygen atoms in total. The number of likely N-dealkylation sites (tertiary alicyclic amines) is 1. The maximum absolute atomic E-state index is 13.3. The summed E-state index contributed by atoms with van der Waals surface area (Å²) in [5.74, 6) is -1.41. The smallest absolute Gasteiger partial charge is 0.408 e. The predicted molar refractivity (Wildman–Crippen MR) is 111 cm³/mol. The number of methoxy groups -OCH3 is 1. The van der Waals surface area contributed by atoms with Gasteiger partial charge in [0.05, 0.1) is 25.9 Å². The zero-order valence-corrected chi connectivity index (χ0v) is 18.8. The SMILES string of the molecule is C=CCO[C@@H](C)C[C@@H](C)C(NC(=O)OC(C)(C)C)C(=O)N1CC(O)CC1C(=O)OC. The van der Waals surface area contributed by atoms with Gasteiger partial charge in [0, 0.05) is 13.0 Å².